The molecule has 2 heterocycles. The van der Waals surface area contributed by atoms with Crippen molar-refractivity contribution in [2.24, 2.45) is 0 Å². The van der Waals surface area contributed by atoms with Crippen LogP contribution in [0.25, 0.3) is 22.1 Å². The molecule has 0 aliphatic carbocycles. The number of nitrogens with zero attached hydrogens (tertiary/aromatic N) is 2. The topological polar surface area (TPSA) is 86.2 Å². The Hall–Kier alpha value is -4.10. The Labute approximate surface area is 198 Å². The number of aromatic nitrogens is 2. The normalized spacial score (nSPS) is 11.2. The number of amides is 1. The van der Waals surface area contributed by atoms with Gasteiger partial charge in [0, 0.05) is 11.9 Å². The monoisotopic (exact) mass is 473 g/mol. The number of aryl methyl sites for hydroxylation is 1. The van der Waals surface area contributed by atoms with Crippen LogP contribution in [0.4, 0.5) is 5.69 Å². The van der Waals surface area contributed by atoms with Gasteiger partial charge in [0.15, 0.2) is 0 Å². The maximum absolute atomic E-state index is 13.5. The standard InChI is InChI=1S/C26H20ClN3O4/c27-19-11-5-6-12-20(19)28-22(31)16-30-23-18-10-4-7-13-21(18)34-24(23)25(32)29(26(30)33)15-14-17-8-2-1-3-9-17/h1-13H,14-16H2,(H,28,31). The first kappa shape index (κ1) is 21.7. The first-order valence-electron chi connectivity index (χ1n) is 10.8. The van der Waals surface area contributed by atoms with E-state index >= 15 is 0 Å². The molecule has 0 radical (unpaired) electrons. The van der Waals surface area contributed by atoms with Gasteiger partial charge in [0.2, 0.25) is 11.5 Å². The van der Waals surface area contributed by atoms with E-state index in [2.05, 4.69) is 5.32 Å². The lowest BCUT2D eigenvalue weighted by atomic mass is 10.1. The number of nitrogens with one attached hydrogen (secondary N) is 1. The van der Waals surface area contributed by atoms with Crippen molar-refractivity contribution in [1.82, 2.24) is 9.13 Å². The number of para-hydroxylation sites is 2. The smallest absolute Gasteiger partial charge is 0.332 e. The fourth-order valence-electron chi connectivity index (χ4n) is 4.02. The van der Waals surface area contributed by atoms with Crippen LogP contribution in [0.5, 0.6) is 0 Å². The lowest BCUT2D eigenvalue weighted by molar-refractivity contribution is -0.116. The molecular weight excluding hydrogens is 454 g/mol. The van der Waals surface area contributed by atoms with Crippen molar-refractivity contribution in [3.05, 3.63) is 110 Å². The molecule has 0 atom stereocenters. The van der Waals surface area contributed by atoms with Gasteiger partial charge in [0.25, 0.3) is 5.56 Å². The van der Waals surface area contributed by atoms with Crippen LogP contribution in [0.3, 0.4) is 0 Å². The summed E-state index contributed by atoms with van der Waals surface area (Å²) in [7, 11) is 0. The van der Waals surface area contributed by atoms with E-state index < -0.39 is 17.2 Å². The molecule has 0 aliphatic rings. The summed E-state index contributed by atoms with van der Waals surface area (Å²) < 4.78 is 8.26. The molecule has 0 unspecified atom stereocenters. The zero-order chi connectivity index (χ0) is 23.7. The molecule has 2 aromatic heterocycles. The molecule has 7 nitrogen and oxygen atoms in total. The van der Waals surface area contributed by atoms with E-state index in [1.807, 2.05) is 30.3 Å². The van der Waals surface area contributed by atoms with Crippen LogP contribution in [-0.4, -0.2) is 15.0 Å². The number of carbonyl (C=O) groups is 1. The van der Waals surface area contributed by atoms with Crippen LogP contribution in [0, 0.1) is 0 Å². The van der Waals surface area contributed by atoms with Gasteiger partial charge in [-0.3, -0.25) is 18.7 Å². The molecule has 34 heavy (non-hydrogen) atoms. The lowest BCUT2D eigenvalue weighted by Crippen LogP contribution is -2.41. The molecule has 170 valence electrons. The number of carbonyl (C=O) groups excluding carboxylic acids is 1. The van der Waals surface area contributed by atoms with Crippen LogP contribution in [0.1, 0.15) is 5.56 Å². The van der Waals surface area contributed by atoms with E-state index in [1.54, 1.807) is 48.5 Å². The van der Waals surface area contributed by atoms with Gasteiger partial charge in [0.1, 0.15) is 17.6 Å². The second-order valence-corrected chi connectivity index (χ2v) is 8.27. The molecule has 1 N–H and O–H groups in total. The molecule has 5 rings (SSSR count). The summed E-state index contributed by atoms with van der Waals surface area (Å²) in [4.78, 5) is 39.7. The number of anilines is 1. The average Bonchev–Trinajstić information content (AvgIpc) is 3.24. The van der Waals surface area contributed by atoms with Crippen LogP contribution in [0.15, 0.2) is 92.9 Å². The molecular formula is C26H20ClN3O4. The highest BCUT2D eigenvalue weighted by atomic mass is 35.5. The predicted molar refractivity (Wildman–Crippen MR) is 132 cm³/mol. The van der Waals surface area contributed by atoms with E-state index in [0.29, 0.717) is 33.6 Å². The number of hydrogen-bond donors (Lipinski definition) is 1. The molecule has 0 spiro atoms. The Morgan fingerprint density at radius 2 is 1.59 bits per heavy atom. The van der Waals surface area contributed by atoms with Gasteiger partial charge in [-0.15, -0.1) is 0 Å². The highest BCUT2D eigenvalue weighted by Gasteiger charge is 2.21. The molecule has 0 saturated carbocycles. The predicted octanol–water partition coefficient (Wildman–Crippen LogP) is 4.44. The van der Waals surface area contributed by atoms with Gasteiger partial charge in [-0.2, -0.15) is 0 Å². The summed E-state index contributed by atoms with van der Waals surface area (Å²) >= 11 is 6.16. The van der Waals surface area contributed by atoms with Gasteiger partial charge >= 0.3 is 5.69 Å². The Kier molecular flexibility index (Phi) is 5.77. The van der Waals surface area contributed by atoms with Crippen molar-refractivity contribution in [2.45, 2.75) is 19.5 Å². The minimum Gasteiger partial charge on any atom is -0.449 e. The lowest BCUT2D eigenvalue weighted by Gasteiger charge is -2.13. The third kappa shape index (κ3) is 4.02. The fourth-order valence-corrected chi connectivity index (χ4v) is 4.20. The molecule has 0 saturated heterocycles. The number of furan rings is 1. The third-order valence-electron chi connectivity index (χ3n) is 5.66. The van der Waals surface area contributed by atoms with Gasteiger partial charge in [0.05, 0.1) is 10.7 Å². The van der Waals surface area contributed by atoms with E-state index in [-0.39, 0.29) is 18.7 Å². The number of fused-ring (bicyclic) bond motifs is 3. The zero-order valence-corrected chi connectivity index (χ0v) is 18.8. The molecule has 1 amide bonds. The summed E-state index contributed by atoms with van der Waals surface area (Å²) in [5.41, 5.74) is 1.14. The largest absolute Gasteiger partial charge is 0.449 e. The van der Waals surface area contributed by atoms with Crippen molar-refractivity contribution in [2.75, 3.05) is 5.32 Å². The zero-order valence-electron chi connectivity index (χ0n) is 18.0. The number of rotatable bonds is 6. The van der Waals surface area contributed by atoms with E-state index in [1.165, 1.54) is 4.57 Å². The minimum absolute atomic E-state index is 0.0411. The molecule has 5 aromatic rings. The average molecular weight is 474 g/mol. The summed E-state index contributed by atoms with van der Waals surface area (Å²) in [6.07, 6.45) is 0.480. The summed E-state index contributed by atoms with van der Waals surface area (Å²) in [6.45, 7) is -0.156. The van der Waals surface area contributed by atoms with E-state index in [0.717, 1.165) is 10.1 Å². The van der Waals surface area contributed by atoms with Crippen molar-refractivity contribution >= 4 is 45.3 Å². The second-order valence-electron chi connectivity index (χ2n) is 7.87. The number of halogens is 1. The van der Waals surface area contributed by atoms with Crippen molar-refractivity contribution < 1.29 is 9.21 Å². The van der Waals surface area contributed by atoms with Crippen molar-refractivity contribution in [1.29, 1.82) is 0 Å². The molecule has 3 aromatic carbocycles. The van der Waals surface area contributed by atoms with Gasteiger partial charge in [-0.1, -0.05) is 66.2 Å². The summed E-state index contributed by atoms with van der Waals surface area (Å²) in [5.74, 6) is -0.449. The third-order valence-corrected chi connectivity index (χ3v) is 5.99. The van der Waals surface area contributed by atoms with E-state index in [4.69, 9.17) is 16.0 Å². The van der Waals surface area contributed by atoms with Crippen molar-refractivity contribution in [3.8, 4) is 0 Å². The Balaban J connectivity index is 1.61. The molecule has 0 fully saturated rings. The van der Waals surface area contributed by atoms with Crippen LogP contribution >= 0.6 is 11.6 Å². The van der Waals surface area contributed by atoms with E-state index in [9.17, 15) is 14.4 Å². The Morgan fingerprint density at radius 3 is 2.38 bits per heavy atom. The van der Waals surface area contributed by atoms with Crippen molar-refractivity contribution in [3.63, 3.8) is 0 Å². The maximum atomic E-state index is 13.5. The molecule has 0 bridgehead atoms. The Morgan fingerprint density at radius 1 is 0.882 bits per heavy atom. The van der Waals surface area contributed by atoms with Gasteiger partial charge < -0.3 is 9.73 Å². The SMILES string of the molecule is O=C(Cn1c(=O)n(CCc2ccccc2)c(=O)c2oc3ccccc3c21)Nc1ccccc1Cl. The van der Waals surface area contributed by atoms with Gasteiger partial charge in [-0.05, 0) is 36.2 Å². The number of benzene rings is 3. The van der Waals surface area contributed by atoms with Crippen LogP contribution in [0.2, 0.25) is 5.02 Å². The van der Waals surface area contributed by atoms with Gasteiger partial charge in [-0.25, -0.2) is 4.79 Å². The number of hydrogen-bond acceptors (Lipinski definition) is 4. The second kappa shape index (κ2) is 9.03. The minimum atomic E-state index is -0.575. The first-order chi connectivity index (χ1) is 16.5. The first-order valence-corrected chi connectivity index (χ1v) is 11.1. The highest BCUT2D eigenvalue weighted by molar-refractivity contribution is 6.33. The quantitative estimate of drug-likeness (QED) is 0.395. The van der Waals surface area contributed by atoms with Crippen LogP contribution in [-0.2, 0) is 24.3 Å². The van der Waals surface area contributed by atoms with Crippen LogP contribution < -0.4 is 16.6 Å². The maximum Gasteiger partial charge on any atom is 0.332 e. The molecule has 0 aliphatic heterocycles. The Bertz CT molecular complexity index is 1630. The fraction of sp³-hybridized carbons (Fsp3) is 0.115. The highest BCUT2D eigenvalue weighted by Crippen LogP contribution is 2.26. The summed E-state index contributed by atoms with van der Waals surface area (Å²) in [6, 6.07) is 23.5. The summed E-state index contributed by atoms with van der Waals surface area (Å²) in [5, 5.41) is 3.71. The molecule has 8 heteroatoms.